The van der Waals surface area contributed by atoms with Crippen LogP contribution in [0.5, 0.6) is 0 Å². The number of unbranched alkanes of at least 4 members (excludes halogenated alkanes) is 1. The second-order valence-electron chi connectivity index (χ2n) is 49.3. The number of fused-ring (bicyclic) bond motifs is 4. The van der Waals surface area contributed by atoms with Crippen molar-refractivity contribution in [3.05, 3.63) is 73.4 Å². The zero-order valence-electron chi connectivity index (χ0n) is 91.3. The van der Waals surface area contributed by atoms with Gasteiger partial charge in [0.1, 0.15) is 36.3 Å². The summed E-state index contributed by atoms with van der Waals surface area (Å²) in [5.41, 5.74) is -3.10. The third kappa shape index (κ3) is 28.1. The van der Waals surface area contributed by atoms with Crippen LogP contribution in [0.25, 0.3) is 0 Å². The molecule has 37 nitrogen and oxygen atoms in total. The Morgan fingerprint density at radius 2 is 0.753 bits per heavy atom. The van der Waals surface area contributed by atoms with Crippen LogP contribution in [0, 0.1) is 90.7 Å². The summed E-state index contributed by atoms with van der Waals surface area (Å²) in [6, 6.07) is -5.12. The standard InChI is InChI=1S/C38H54N6O7.C36H58N6O6.C35H58N6O6/c1-11-15-24(28(45)31(47)39-18-12-2)40-30(46)27-26-23(38(26,9)10)19-43(27)34(50)29(37(6,7)8)42-35(51)41-25(36(3,4)5)20-44-32(48)21-16-13-14-17-22(21)33(44)49;1-9-16-37-32(46)29(44)24(18-22-13-12-14-22)38-31(45)28-27-23(36(27,7)8)19-42(28)33(47)30(35(4,5)6)40-34(48)39-25(21(2)3)20-41-17-11-10-15-26(41)43;1-11-13-15-22(27(43)30(45)36-17-12-2)37-29(44)26-25-21(35(25,9)10)19-41(26)31(46)28(34(6,7)8)39-32(47)38-23(33(3,4)5)20-40-18-14-16-24(40)42/h12-14,16-17,23-27,29H,2,11,15,18-20H2,1,3-10H3,(H,39,47)(H,40,46)(H2,41,42,51);9,21-25,27-28,30H,1,10-20H2,2-8H3,(H,37,46)(H,38,45)(H2,39,40,48);12,21-23,25-26,28H,2,11,13-20H2,1,3-10H3,(H,36,45)(H,37,44)(H2,38,39,47)/t23-,24?,25+,26-,27-,29+;23-,24?,25+,27-,28-,30+;21-,22?,23+,25-,26-,28+/m000/s1. The number of benzene rings is 1. The van der Waals surface area contributed by atoms with Gasteiger partial charge in [-0.2, -0.15) is 0 Å². The zero-order valence-corrected chi connectivity index (χ0v) is 91.3. The maximum Gasteiger partial charge on any atom is 0.315 e. The smallest absolute Gasteiger partial charge is 0.315 e. The van der Waals surface area contributed by atoms with Crippen molar-refractivity contribution in [2.24, 2.45) is 90.7 Å². The highest BCUT2D eigenvalue weighted by Gasteiger charge is 2.73. The molecule has 11 rings (SSSR count). The summed E-state index contributed by atoms with van der Waals surface area (Å²) in [6.07, 6.45) is 13.8. The molecule has 1 aromatic carbocycles. The predicted molar refractivity (Wildman–Crippen MR) is 554 cm³/mol. The predicted octanol–water partition coefficient (Wildman–Crippen LogP) is 8.58. The quantitative estimate of drug-likeness (QED) is 0.0166. The minimum Gasteiger partial charge on any atom is -0.346 e. The lowest BCUT2D eigenvalue weighted by Gasteiger charge is -2.39. The van der Waals surface area contributed by atoms with Gasteiger partial charge in [0.15, 0.2) is 0 Å². The largest absolute Gasteiger partial charge is 0.346 e. The van der Waals surface area contributed by atoms with Gasteiger partial charge in [0, 0.05) is 78.3 Å². The molecule has 9 fully saturated rings. The normalized spacial score (nSPS) is 23.7. The lowest BCUT2D eigenvalue weighted by molar-refractivity contribution is -0.145. The second kappa shape index (κ2) is 47.8. The van der Waals surface area contributed by atoms with Crippen molar-refractivity contribution in [1.82, 2.24) is 93.2 Å². The fourth-order valence-electron chi connectivity index (χ4n) is 21.9. The Morgan fingerprint density at radius 3 is 1.08 bits per heavy atom. The van der Waals surface area contributed by atoms with E-state index in [0.29, 0.717) is 95.5 Å². The van der Waals surface area contributed by atoms with Crippen molar-refractivity contribution in [2.45, 2.75) is 335 Å². The fourth-order valence-corrected chi connectivity index (χ4v) is 21.9. The number of piperidine rings is 4. The molecule has 810 valence electrons. The van der Waals surface area contributed by atoms with Crippen LogP contribution in [0.4, 0.5) is 14.4 Å². The summed E-state index contributed by atoms with van der Waals surface area (Å²) in [6.45, 7) is 62.4. The number of likely N-dealkylation sites (tertiary alicyclic amines) is 5. The lowest BCUT2D eigenvalue weighted by atomic mass is 9.80. The maximum atomic E-state index is 14.4. The van der Waals surface area contributed by atoms with E-state index in [0.717, 1.165) is 49.8 Å². The van der Waals surface area contributed by atoms with Crippen LogP contribution >= 0.6 is 0 Å². The molecule has 18 atom stereocenters. The first-order valence-electron chi connectivity index (χ1n) is 52.7. The van der Waals surface area contributed by atoms with Crippen LogP contribution in [0.3, 0.4) is 0 Å². The topological polar surface area (TPSA) is 488 Å². The number of nitrogens with zero attached hydrogens (tertiary/aromatic N) is 6. The van der Waals surface area contributed by atoms with Gasteiger partial charge >= 0.3 is 18.1 Å². The Hall–Kier alpha value is -11.4. The van der Waals surface area contributed by atoms with Crippen molar-refractivity contribution in [3.8, 4) is 0 Å². The lowest BCUT2D eigenvalue weighted by Crippen LogP contribution is -2.62. The number of hydrogen-bond donors (Lipinski definition) is 12. The van der Waals surface area contributed by atoms with Crippen LogP contribution in [0.1, 0.15) is 284 Å². The summed E-state index contributed by atoms with van der Waals surface area (Å²) < 4.78 is 0. The summed E-state index contributed by atoms with van der Waals surface area (Å²) in [5.74, 6) is -7.82. The number of hydrogen-bond acceptors (Lipinski definition) is 19. The van der Waals surface area contributed by atoms with Gasteiger partial charge in [-0.1, -0.05) is 242 Å². The zero-order chi connectivity index (χ0) is 109. The van der Waals surface area contributed by atoms with E-state index in [9.17, 15) is 91.1 Å². The molecule has 5 saturated heterocycles. The van der Waals surface area contributed by atoms with Gasteiger partial charge in [0.2, 0.25) is 64.6 Å². The summed E-state index contributed by atoms with van der Waals surface area (Å²) >= 11 is 0. The van der Waals surface area contributed by atoms with Crippen LogP contribution in [-0.4, -0.2) is 286 Å². The number of carbonyl (C=O) groups is 19. The number of urea groups is 3. The van der Waals surface area contributed by atoms with E-state index < -0.39 is 171 Å². The van der Waals surface area contributed by atoms with Crippen molar-refractivity contribution < 1.29 is 91.1 Å². The number of rotatable bonds is 41. The van der Waals surface area contributed by atoms with Gasteiger partial charge in [-0.3, -0.25) is 81.6 Å². The first-order valence-corrected chi connectivity index (χ1v) is 52.7. The van der Waals surface area contributed by atoms with Crippen molar-refractivity contribution in [1.29, 1.82) is 0 Å². The molecular weight excluding hydrogens is 1870 g/mol. The van der Waals surface area contributed by atoms with E-state index in [1.54, 1.807) is 43.9 Å². The van der Waals surface area contributed by atoms with Gasteiger partial charge in [0.05, 0.1) is 53.9 Å². The Kier molecular flexibility index (Phi) is 38.7. The number of ketones is 3. The number of carbonyl (C=O) groups excluding carboxylic acids is 19. The van der Waals surface area contributed by atoms with Crippen LogP contribution < -0.4 is 63.8 Å². The van der Waals surface area contributed by atoms with Gasteiger partial charge in [-0.05, 0) is 141 Å². The van der Waals surface area contributed by atoms with E-state index in [2.05, 4.69) is 111 Å². The van der Waals surface area contributed by atoms with Gasteiger partial charge < -0.3 is 88.3 Å². The maximum absolute atomic E-state index is 14.4. The number of imide groups is 1. The molecule has 3 unspecified atom stereocenters. The Morgan fingerprint density at radius 1 is 0.411 bits per heavy atom. The molecule has 12 N–H and O–H groups in total. The molecular formula is C109H170N18O19. The van der Waals surface area contributed by atoms with Crippen molar-refractivity contribution >= 4 is 112 Å². The first kappa shape index (κ1) is 118. The molecule has 6 aliphatic heterocycles. The molecule has 1 aromatic rings. The van der Waals surface area contributed by atoms with E-state index in [-0.39, 0.29) is 137 Å². The Labute approximate surface area is 863 Å². The van der Waals surface area contributed by atoms with E-state index in [4.69, 9.17) is 0 Å². The SMILES string of the molecule is C=CCNC(=O)C(=O)C(CC1CCC1)NC(=O)[C@@H]1[C@@H]2[C@H](CN1C(=O)[C@@H](NC(=O)N[C@H](CN1CCCCC1=O)C(C)C)C(C)(C)C)C2(C)C.C=CCNC(=O)C(=O)C(CCC)NC(=O)[C@@H]1[C@@H]2[C@H](CN1C(=O)[C@@H](NC(=O)N[C@H](CN1C(=O)c3ccccc3C1=O)C(C)(C)C)C(C)(C)C)C2(C)C.C=CCNC(=O)C(=O)C(CCCC)NC(=O)[C@@H]1[C@@H]2[C@H](CN1C(=O)[C@@H](NC(=O)N[C@H](CN1CCCC1=O)C(C)(C)C)C(C)(C)C)C2(C)C. The molecule has 0 aromatic heterocycles. The number of Topliss-reactive ketones (excluding diaryl/α,β-unsaturated/α-hetero) is 3. The third-order valence-electron chi connectivity index (χ3n) is 31.9. The van der Waals surface area contributed by atoms with Crippen LogP contribution in [-0.2, 0) is 67.1 Å². The van der Waals surface area contributed by atoms with Gasteiger partial charge in [-0.15, -0.1) is 19.7 Å². The van der Waals surface area contributed by atoms with Crippen LogP contribution in [0.15, 0.2) is 62.2 Å². The third-order valence-corrected chi connectivity index (χ3v) is 31.9. The number of nitrogens with one attached hydrogen (secondary N) is 12. The number of amides is 19. The van der Waals surface area contributed by atoms with Crippen molar-refractivity contribution in [2.75, 3.05) is 72.0 Å². The molecule has 4 saturated carbocycles. The average molecular weight is 2040 g/mol. The molecule has 37 heteroatoms. The molecule has 0 radical (unpaired) electrons. The monoisotopic (exact) mass is 2040 g/mol. The first-order chi connectivity index (χ1) is 67.9. The average Bonchev–Trinajstić information content (AvgIpc) is 1.53. The minimum absolute atomic E-state index is 0.0350. The van der Waals surface area contributed by atoms with E-state index in [1.165, 1.54) is 23.1 Å². The van der Waals surface area contributed by atoms with E-state index >= 15 is 0 Å². The Balaban J connectivity index is 0.000000244. The van der Waals surface area contributed by atoms with Crippen molar-refractivity contribution in [3.63, 3.8) is 0 Å². The molecule has 4 aliphatic carbocycles. The highest BCUT2D eigenvalue weighted by molar-refractivity contribution is 6.39. The highest BCUT2D eigenvalue weighted by Crippen LogP contribution is 2.67. The summed E-state index contributed by atoms with van der Waals surface area (Å²) in [5, 5.41) is 33.6. The highest BCUT2D eigenvalue weighted by atomic mass is 16.2. The molecule has 0 bridgehead atoms. The van der Waals surface area contributed by atoms with E-state index in [1.807, 2.05) is 145 Å². The molecule has 6 heterocycles. The fraction of sp³-hybridized carbons (Fsp3) is 0.716. The van der Waals surface area contributed by atoms with Gasteiger partial charge in [-0.25, -0.2) is 14.4 Å². The summed E-state index contributed by atoms with van der Waals surface area (Å²) in [7, 11) is 0. The van der Waals surface area contributed by atoms with Crippen LogP contribution in [0.2, 0.25) is 0 Å². The molecule has 0 spiro atoms. The second-order valence-corrected chi connectivity index (χ2v) is 49.3. The molecule has 10 aliphatic rings. The Bertz CT molecular complexity index is 5050. The molecule has 19 amide bonds. The minimum atomic E-state index is -1.07. The summed E-state index contributed by atoms with van der Waals surface area (Å²) in [4.78, 5) is 263. The van der Waals surface area contributed by atoms with Gasteiger partial charge in [0.25, 0.3) is 29.5 Å². The molecule has 146 heavy (non-hydrogen) atoms.